The average Bonchev–Trinajstić information content (AvgIpc) is 2.30. The van der Waals surface area contributed by atoms with Gasteiger partial charge in [0.1, 0.15) is 0 Å². The molecule has 0 aromatic heterocycles. The molecule has 2 aromatic rings. The van der Waals surface area contributed by atoms with Crippen LogP contribution in [0.15, 0.2) is 48.5 Å². The highest BCUT2D eigenvalue weighted by molar-refractivity contribution is 5.63. The van der Waals surface area contributed by atoms with Gasteiger partial charge in [0.2, 0.25) is 0 Å². The maximum absolute atomic E-state index is 3.41. The second-order valence-electron chi connectivity index (χ2n) is 3.31. The summed E-state index contributed by atoms with van der Waals surface area (Å²) in [5, 5.41) is 0. The number of aryl methyl sites for hydroxylation is 1. The second kappa shape index (κ2) is 4.10. The molecule has 0 saturated heterocycles. The van der Waals surface area contributed by atoms with Crippen LogP contribution in [0.4, 0.5) is 0 Å². The highest BCUT2D eigenvalue weighted by atomic mass is 14.0. The molecule has 14 heavy (non-hydrogen) atoms. The van der Waals surface area contributed by atoms with Crippen LogP contribution in [0.1, 0.15) is 12.5 Å². The zero-order valence-electron chi connectivity index (χ0n) is 8.33. The molecule has 0 saturated carbocycles. The van der Waals surface area contributed by atoms with Crippen molar-refractivity contribution in [2.75, 3.05) is 0 Å². The van der Waals surface area contributed by atoms with Gasteiger partial charge in [0.15, 0.2) is 0 Å². The lowest BCUT2D eigenvalue weighted by molar-refractivity contribution is 1.14. The van der Waals surface area contributed by atoms with Crippen LogP contribution >= 0.6 is 0 Å². The highest BCUT2D eigenvalue weighted by Crippen LogP contribution is 2.19. The number of hydrogen-bond acceptors (Lipinski definition) is 0. The molecule has 0 fully saturated rings. The SMILES string of the molecule is CCc1[c]c(-c2ccccc2)ccc1. The van der Waals surface area contributed by atoms with Gasteiger partial charge in [-0.25, -0.2) is 0 Å². The Labute approximate surface area is 85.2 Å². The molecule has 0 heteroatoms. The Morgan fingerprint density at radius 3 is 2.43 bits per heavy atom. The van der Waals surface area contributed by atoms with Crippen LogP contribution in [-0.2, 0) is 6.42 Å². The first-order valence-electron chi connectivity index (χ1n) is 4.97. The predicted octanol–water partition coefficient (Wildman–Crippen LogP) is 3.72. The Balaban J connectivity index is 2.42. The molecule has 0 atom stereocenters. The highest BCUT2D eigenvalue weighted by Gasteiger charge is 1.97. The molecule has 69 valence electrons. The smallest absolute Gasteiger partial charge is 0.00644 e. The first-order valence-corrected chi connectivity index (χ1v) is 4.97. The van der Waals surface area contributed by atoms with Crippen molar-refractivity contribution in [1.29, 1.82) is 0 Å². The molecule has 0 amide bonds. The molecule has 0 nitrogen and oxygen atoms in total. The van der Waals surface area contributed by atoms with E-state index in [-0.39, 0.29) is 0 Å². The van der Waals surface area contributed by atoms with Crippen molar-refractivity contribution in [2.24, 2.45) is 0 Å². The zero-order valence-corrected chi connectivity index (χ0v) is 8.33. The van der Waals surface area contributed by atoms with Crippen molar-refractivity contribution in [3.05, 3.63) is 60.2 Å². The van der Waals surface area contributed by atoms with E-state index in [1.54, 1.807) is 0 Å². The van der Waals surface area contributed by atoms with E-state index in [0.29, 0.717) is 0 Å². The maximum Gasteiger partial charge on any atom is -0.00644 e. The molecular formula is C14H13. The van der Waals surface area contributed by atoms with Gasteiger partial charge in [0.25, 0.3) is 0 Å². The summed E-state index contributed by atoms with van der Waals surface area (Å²) < 4.78 is 0. The first kappa shape index (κ1) is 9.01. The van der Waals surface area contributed by atoms with E-state index in [9.17, 15) is 0 Å². The van der Waals surface area contributed by atoms with E-state index in [1.807, 2.05) is 6.07 Å². The summed E-state index contributed by atoms with van der Waals surface area (Å²) in [5.74, 6) is 0. The summed E-state index contributed by atoms with van der Waals surface area (Å²) in [6.07, 6.45) is 1.04. The largest absolute Gasteiger partial charge is 0.0622 e. The summed E-state index contributed by atoms with van der Waals surface area (Å²) in [6.45, 7) is 2.15. The van der Waals surface area contributed by atoms with Crippen LogP contribution < -0.4 is 0 Å². The molecule has 0 N–H and O–H groups in total. The third-order valence-corrected chi connectivity index (χ3v) is 2.32. The van der Waals surface area contributed by atoms with E-state index in [2.05, 4.69) is 55.5 Å². The lowest BCUT2D eigenvalue weighted by Crippen LogP contribution is -1.82. The average molecular weight is 181 g/mol. The molecule has 0 aliphatic heterocycles. The fourth-order valence-corrected chi connectivity index (χ4v) is 1.51. The van der Waals surface area contributed by atoms with Gasteiger partial charge < -0.3 is 0 Å². The Morgan fingerprint density at radius 1 is 0.929 bits per heavy atom. The van der Waals surface area contributed by atoms with Gasteiger partial charge in [-0.05, 0) is 29.2 Å². The lowest BCUT2D eigenvalue weighted by atomic mass is 10.0. The fourth-order valence-electron chi connectivity index (χ4n) is 1.51. The summed E-state index contributed by atoms with van der Waals surface area (Å²) in [6, 6.07) is 20.1. The normalized spacial score (nSPS) is 10.1. The lowest BCUT2D eigenvalue weighted by Gasteiger charge is -2.02. The van der Waals surface area contributed by atoms with E-state index in [1.165, 1.54) is 16.7 Å². The molecule has 1 radical (unpaired) electrons. The Kier molecular flexibility index (Phi) is 2.64. The zero-order chi connectivity index (χ0) is 9.80. The third-order valence-electron chi connectivity index (χ3n) is 2.32. The van der Waals surface area contributed by atoms with E-state index >= 15 is 0 Å². The minimum absolute atomic E-state index is 1.04. The molecule has 0 aliphatic carbocycles. The molecule has 0 spiro atoms. The summed E-state index contributed by atoms with van der Waals surface area (Å²) in [4.78, 5) is 0. The summed E-state index contributed by atoms with van der Waals surface area (Å²) in [5.41, 5.74) is 3.69. The van der Waals surface area contributed by atoms with Crippen molar-refractivity contribution in [1.82, 2.24) is 0 Å². The Hall–Kier alpha value is -1.56. The van der Waals surface area contributed by atoms with Gasteiger partial charge in [-0.1, -0.05) is 55.5 Å². The van der Waals surface area contributed by atoms with Crippen LogP contribution in [0.2, 0.25) is 0 Å². The van der Waals surface area contributed by atoms with Crippen molar-refractivity contribution >= 4 is 0 Å². The van der Waals surface area contributed by atoms with Crippen LogP contribution in [0.3, 0.4) is 0 Å². The molecule has 0 aliphatic rings. The molecule has 0 bridgehead atoms. The molecule has 0 unspecified atom stereocenters. The van der Waals surface area contributed by atoms with E-state index in [0.717, 1.165) is 6.42 Å². The van der Waals surface area contributed by atoms with Crippen molar-refractivity contribution < 1.29 is 0 Å². The standard InChI is InChI=1S/C14H13/c1-2-12-7-6-10-14(11-12)13-8-4-3-5-9-13/h3-10H,2H2,1H3. The van der Waals surface area contributed by atoms with E-state index in [4.69, 9.17) is 0 Å². The van der Waals surface area contributed by atoms with Crippen LogP contribution in [-0.4, -0.2) is 0 Å². The number of rotatable bonds is 2. The van der Waals surface area contributed by atoms with E-state index < -0.39 is 0 Å². The molecule has 2 aromatic carbocycles. The van der Waals surface area contributed by atoms with Crippen molar-refractivity contribution in [3.63, 3.8) is 0 Å². The van der Waals surface area contributed by atoms with Gasteiger partial charge in [0, 0.05) is 0 Å². The van der Waals surface area contributed by atoms with Gasteiger partial charge >= 0.3 is 0 Å². The molecular weight excluding hydrogens is 168 g/mol. The van der Waals surface area contributed by atoms with Gasteiger partial charge in [-0.15, -0.1) is 0 Å². The molecule has 2 rings (SSSR count). The first-order chi connectivity index (χ1) is 6.90. The second-order valence-corrected chi connectivity index (χ2v) is 3.31. The Bertz CT molecular complexity index is 401. The topological polar surface area (TPSA) is 0 Å². The fraction of sp³-hybridized carbons (Fsp3) is 0.143. The summed E-state index contributed by atoms with van der Waals surface area (Å²) in [7, 11) is 0. The van der Waals surface area contributed by atoms with Crippen molar-refractivity contribution in [2.45, 2.75) is 13.3 Å². The van der Waals surface area contributed by atoms with Crippen LogP contribution in [0, 0.1) is 6.07 Å². The number of hydrogen-bond donors (Lipinski definition) is 0. The van der Waals surface area contributed by atoms with Gasteiger partial charge in [0.05, 0.1) is 0 Å². The van der Waals surface area contributed by atoms with Gasteiger partial charge in [-0.2, -0.15) is 0 Å². The summed E-state index contributed by atoms with van der Waals surface area (Å²) >= 11 is 0. The monoisotopic (exact) mass is 181 g/mol. The number of benzene rings is 2. The van der Waals surface area contributed by atoms with Crippen molar-refractivity contribution in [3.8, 4) is 11.1 Å². The van der Waals surface area contributed by atoms with Gasteiger partial charge in [-0.3, -0.25) is 0 Å². The van der Waals surface area contributed by atoms with Crippen LogP contribution in [0.25, 0.3) is 11.1 Å². The maximum atomic E-state index is 3.41. The third kappa shape index (κ3) is 1.85. The van der Waals surface area contributed by atoms with Crippen LogP contribution in [0.5, 0.6) is 0 Å². The Morgan fingerprint density at radius 2 is 1.71 bits per heavy atom. The quantitative estimate of drug-likeness (QED) is 0.662. The predicted molar refractivity (Wildman–Crippen MR) is 60.1 cm³/mol. The molecule has 0 heterocycles. The minimum atomic E-state index is 1.04. The minimum Gasteiger partial charge on any atom is -0.0622 e.